The zero-order chi connectivity index (χ0) is 6.50. The summed E-state index contributed by atoms with van der Waals surface area (Å²) < 4.78 is 0. The van der Waals surface area contributed by atoms with Crippen LogP contribution in [-0.2, 0) is 4.79 Å². The second-order valence-electron chi connectivity index (χ2n) is 0.429. The van der Waals surface area contributed by atoms with Gasteiger partial charge in [0.05, 0.1) is 0 Å². The molecule has 0 spiro atoms. The van der Waals surface area contributed by atoms with Crippen LogP contribution in [0.25, 0.3) is 0 Å². The Bertz CT molecular complexity index is 35.4. The molecule has 0 aromatic carbocycles. The minimum atomic E-state index is -3.29. The van der Waals surface area contributed by atoms with Crippen LogP contribution in [0.5, 0.6) is 0 Å². The fourth-order valence-electron chi connectivity index (χ4n) is 0. The van der Waals surface area contributed by atoms with Gasteiger partial charge >= 0.3 is 49.6 Å². The fourth-order valence-corrected chi connectivity index (χ4v) is 0. The minimum absolute atomic E-state index is 2.00. The zero-order valence-corrected chi connectivity index (χ0v) is 9.01. The number of carbonyl (C=O) groups is 1. The Balaban J connectivity index is 0. The van der Waals surface area contributed by atoms with E-state index in [9.17, 15) is 0 Å². The molecule has 0 heterocycles. The first-order valence-corrected chi connectivity index (χ1v) is 15.5. The first-order valence-electron chi connectivity index (χ1n) is 1.04. The van der Waals surface area contributed by atoms with Gasteiger partial charge in [0.25, 0.3) is 0 Å². The van der Waals surface area contributed by atoms with Crippen molar-refractivity contribution in [3.63, 3.8) is 0 Å². The molecule has 6 heteroatoms. The molecule has 0 atom stereocenters. The molecular formula is CH2Cl4OSn. The molecule has 7 heavy (non-hydrogen) atoms. The average molecular weight is 291 g/mol. The van der Waals surface area contributed by atoms with E-state index in [1.54, 1.807) is 0 Å². The van der Waals surface area contributed by atoms with Gasteiger partial charge in [-0.05, 0) is 0 Å². The number of hydrogen-bond acceptors (Lipinski definition) is 1. The van der Waals surface area contributed by atoms with Crippen LogP contribution in [0.15, 0.2) is 0 Å². The molecule has 0 aromatic heterocycles. The predicted octanol–water partition coefficient (Wildman–Crippen LogP) is 2.19. The molecule has 0 radical (unpaired) electrons. The summed E-state index contributed by atoms with van der Waals surface area (Å²) in [4.78, 5) is 8.00. The Hall–Kier alpha value is 1.63. The Morgan fingerprint density at radius 2 is 1.00 bits per heavy atom. The van der Waals surface area contributed by atoms with E-state index in [1.807, 2.05) is 6.79 Å². The SMILES string of the molecule is C=O.[Cl][Sn]([Cl])([Cl])[Cl]. The molecule has 0 aliphatic rings. The normalized spacial score (nSPS) is 9.14. The van der Waals surface area contributed by atoms with Crippen molar-refractivity contribution in [2.75, 3.05) is 0 Å². The van der Waals surface area contributed by atoms with Gasteiger partial charge in [0, 0.05) is 0 Å². The molecule has 0 bridgehead atoms. The number of halogens is 4. The first-order chi connectivity index (χ1) is 3.00. The third-order valence-electron chi connectivity index (χ3n) is 0. The molecule has 0 rings (SSSR count). The molecule has 0 fully saturated rings. The zero-order valence-electron chi connectivity index (χ0n) is 3.13. The first kappa shape index (κ1) is 11.4. The van der Waals surface area contributed by atoms with Crippen molar-refractivity contribution in [1.29, 1.82) is 0 Å². The number of rotatable bonds is 0. The van der Waals surface area contributed by atoms with Crippen LogP contribution in [0.3, 0.4) is 0 Å². The molecule has 0 unspecified atom stereocenters. The van der Waals surface area contributed by atoms with Gasteiger partial charge in [0.15, 0.2) is 0 Å². The van der Waals surface area contributed by atoms with Crippen LogP contribution in [-0.4, -0.2) is 20.7 Å². The summed E-state index contributed by atoms with van der Waals surface area (Å²) in [5.74, 6) is 0. The standard InChI is InChI=1S/CH2O.4ClH.Sn/c1-2;;;;;/h1H2;4*1H;/q;;;;;+4/p-4. The Morgan fingerprint density at radius 1 is 1.00 bits per heavy atom. The van der Waals surface area contributed by atoms with Crippen LogP contribution in [0.4, 0.5) is 0 Å². The van der Waals surface area contributed by atoms with Gasteiger partial charge < -0.3 is 4.79 Å². The molecule has 44 valence electrons. The fraction of sp³-hybridized carbons (Fsp3) is 0. The molecule has 0 aromatic rings. The summed E-state index contributed by atoms with van der Waals surface area (Å²) in [6.07, 6.45) is 0. The van der Waals surface area contributed by atoms with Crippen molar-refractivity contribution in [3.05, 3.63) is 0 Å². The summed E-state index contributed by atoms with van der Waals surface area (Å²) >= 11 is -3.29. The van der Waals surface area contributed by atoms with Crippen molar-refractivity contribution in [1.82, 2.24) is 0 Å². The van der Waals surface area contributed by atoms with E-state index in [1.165, 1.54) is 0 Å². The Kier molecular flexibility index (Phi) is 9.40. The Labute approximate surface area is 60.6 Å². The van der Waals surface area contributed by atoms with E-state index < -0.39 is 13.9 Å². The quantitative estimate of drug-likeness (QED) is 0.625. The third-order valence-corrected chi connectivity index (χ3v) is 0. The van der Waals surface area contributed by atoms with Gasteiger partial charge in [0.2, 0.25) is 0 Å². The van der Waals surface area contributed by atoms with Crippen LogP contribution < -0.4 is 0 Å². The Morgan fingerprint density at radius 3 is 1.00 bits per heavy atom. The maximum atomic E-state index is 8.00. The second kappa shape index (κ2) is 5.76. The summed E-state index contributed by atoms with van der Waals surface area (Å²) in [5.41, 5.74) is 0. The van der Waals surface area contributed by atoms with E-state index in [-0.39, 0.29) is 0 Å². The van der Waals surface area contributed by atoms with Gasteiger partial charge in [-0.1, -0.05) is 0 Å². The van der Waals surface area contributed by atoms with E-state index in [0.717, 1.165) is 0 Å². The van der Waals surface area contributed by atoms with Crippen LogP contribution in [0.1, 0.15) is 0 Å². The molecule has 0 N–H and O–H groups in total. The van der Waals surface area contributed by atoms with Crippen molar-refractivity contribution >= 4 is 56.3 Å². The number of carbonyl (C=O) groups excluding carboxylic acids is 1. The summed E-state index contributed by atoms with van der Waals surface area (Å²) in [5, 5.41) is 0. The van der Waals surface area contributed by atoms with Crippen LogP contribution >= 0.6 is 35.7 Å². The molecule has 0 amide bonds. The van der Waals surface area contributed by atoms with E-state index in [0.29, 0.717) is 0 Å². The average Bonchev–Trinajstić information content (AvgIpc) is 1.36. The van der Waals surface area contributed by atoms with Crippen molar-refractivity contribution < 1.29 is 4.79 Å². The van der Waals surface area contributed by atoms with E-state index >= 15 is 0 Å². The summed E-state index contributed by atoms with van der Waals surface area (Å²) in [6.45, 7) is 2.00. The topological polar surface area (TPSA) is 17.1 Å². The third kappa shape index (κ3) is 91.1. The van der Waals surface area contributed by atoms with E-state index in [2.05, 4.69) is 0 Å². The predicted molar refractivity (Wildman–Crippen MR) is 36.3 cm³/mol. The van der Waals surface area contributed by atoms with Gasteiger partial charge in [-0.3, -0.25) is 0 Å². The molecule has 1 nitrogen and oxygen atoms in total. The van der Waals surface area contributed by atoms with Crippen molar-refractivity contribution in [2.24, 2.45) is 0 Å². The van der Waals surface area contributed by atoms with Crippen molar-refractivity contribution in [3.8, 4) is 0 Å². The molecule has 0 aliphatic heterocycles. The monoisotopic (exact) mass is 290 g/mol. The summed E-state index contributed by atoms with van der Waals surface area (Å²) in [7, 11) is 20.1. The van der Waals surface area contributed by atoms with Gasteiger partial charge in [-0.2, -0.15) is 0 Å². The van der Waals surface area contributed by atoms with Gasteiger partial charge in [0.1, 0.15) is 6.79 Å². The van der Waals surface area contributed by atoms with Gasteiger partial charge in [-0.15, -0.1) is 0 Å². The van der Waals surface area contributed by atoms with Crippen LogP contribution in [0.2, 0.25) is 0 Å². The molecule has 0 saturated carbocycles. The molecule has 0 saturated heterocycles. The van der Waals surface area contributed by atoms with E-state index in [4.69, 9.17) is 40.5 Å². The van der Waals surface area contributed by atoms with Crippen molar-refractivity contribution in [2.45, 2.75) is 0 Å². The van der Waals surface area contributed by atoms with Gasteiger partial charge in [-0.25, -0.2) is 0 Å². The molecule has 0 aliphatic carbocycles. The maximum absolute atomic E-state index is 8.00. The second-order valence-corrected chi connectivity index (χ2v) is 25.9. The molecular weight excluding hydrogens is 289 g/mol. The van der Waals surface area contributed by atoms with Crippen LogP contribution in [0, 0.1) is 0 Å². The number of hydrogen-bond donors (Lipinski definition) is 0. The summed E-state index contributed by atoms with van der Waals surface area (Å²) in [6, 6.07) is 0.